The molecule has 2 aromatic rings. The quantitative estimate of drug-likeness (QED) is 0.230. The van der Waals surface area contributed by atoms with Crippen LogP contribution in [-0.2, 0) is 31.2 Å². The van der Waals surface area contributed by atoms with Gasteiger partial charge in [0.05, 0.1) is 0 Å². The number of nitrogens with zero attached hydrogens (tertiary/aromatic N) is 3. The van der Waals surface area contributed by atoms with Gasteiger partial charge >= 0.3 is 168 Å². The second kappa shape index (κ2) is 12.3. The van der Waals surface area contributed by atoms with E-state index in [-0.39, 0.29) is 5.41 Å². The van der Waals surface area contributed by atoms with Gasteiger partial charge in [0, 0.05) is 7.05 Å². The molecule has 33 heavy (non-hydrogen) atoms. The van der Waals surface area contributed by atoms with Gasteiger partial charge in [-0.3, -0.25) is 0 Å². The van der Waals surface area contributed by atoms with Crippen molar-refractivity contribution in [3.63, 3.8) is 0 Å². The van der Waals surface area contributed by atoms with E-state index in [0.29, 0.717) is 11.8 Å². The Morgan fingerprint density at radius 2 is 1.91 bits per heavy atom. The van der Waals surface area contributed by atoms with E-state index in [1.807, 2.05) is 45.4 Å². The first-order valence-electron chi connectivity index (χ1n) is 11.3. The molecule has 0 saturated heterocycles. The van der Waals surface area contributed by atoms with Crippen molar-refractivity contribution in [2.24, 2.45) is 12.0 Å². The predicted molar refractivity (Wildman–Crippen MR) is 134 cm³/mol. The van der Waals surface area contributed by atoms with Gasteiger partial charge < -0.3 is 5.32 Å². The fourth-order valence-electron chi connectivity index (χ4n) is 3.60. The van der Waals surface area contributed by atoms with E-state index in [9.17, 15) is 0 Å². The number of hydrogen-bond acceptors (Lipinski definition) is 5. The zero-order chi connectivity index (χ0) is 24.6. The van der Waals surface area contributed by atoms with Crippen LogP contribution in [0.5, 0.6) is 0 Å². The first-order chi connectivity index (χ1) is 15.6. The summed E-state index contributed by atoms with van der Waals surface area (Å²) in [5, 5.41) is 14.5. The maximum absolute atomic E-state index is 8.16. The molecular weight excluding hydrogens is 503 g/mol. The minimum atomic E-state index is -0.315. The predicted octanol–water partition coefficient (Wildman–Crippen LogP) is 3.91. The van der Waals surface area contributed by atoms with Crippen LogP contribution in [0.15, 0.2) is 47.0 Å². The molecule has 1 atom stereocenters. The van der Waals surface area contributed by atoms with Crippen LogP contribution in [0.3, 0.4) is 0 Å². The molecule has 1 unspecified atom stereocenters. The number of nitrogens with one attached hydrogen (secondary N) is 3. The summed E-state index contributed by atoms with van der Waals surface area (Å²) in [6.07, 6.45) is 5.84. The van der Waals surface area contributed by atoms with Crippen LogP contribution in [0.2, 0.25) is 0 Å². The minimum absolute atomic E-state index is 0.315. The van der Waals surface area contributed by atoms with Gasteiger partial charge in [-0.05, 0) is 12.1 Å². The average molecular weight is 540 g/mol. The van der Waals surface area contributed by atoms with Crippen LogP contribution in [0.25, 0.3) is 0 Å². The van der Waals surface area contributed by atoms with Crippen LogP contribution in [0, 0.1) is 11.6 Å². The van der Waals surface area contributed by atoms with E-state index in [1.165, 1.54) is 3.98 Å². The SMILES string of the molecule is CNc1cccc(C(C)(C)c2cccc(=N[C-]=C(CCC[C](=[Pd])C(C)NC)C(C)=N)n2C)n1. The topological polar surface area (TPSA) is 78.1 Å². The van der Waals surface area contributed by atoms with Crippen molar-refractivity contribution in [1.82, 2.24) is 14.9 Å². The number of pyridine rings is 2. The van der Waals surface area contributed by atoms with E-state index in [1.54, 1.807) is 6.92 Å². The van der Waals surface area contributed by atoms with E-state index >= 15 is 0 Å². The van der Waals surface area contributed by atoms with E-state index in [0.717, 1.165) is 47.5 Å². The first-order valence-corrected chi connectivity index (χ1v) is 12.1. The molecule has 0 fully saturated rings. The Bertz CT molecular complexity index is 1080. The molecule has 0 spiro atoms. The molecule has 0 saturated carbocycles. The third-order valence-corrected chi connectivity index (χ3v) is 7.01. The summed E-state index contributed by atoms with van der Waals surface area (Å²) in [5.74, 6) is 0.847. The maximum Gasteiger partial charge on any atom is -0.235 e. The third-order valence-electron chi connectivity index (χ3n) is 5.95. The largest absolute Gasteiger partial charge is 0.235 e. The molecule has 0 aromatic carbocycles. The summed E-state index contributed by atoms with van der Waals surface area (Å²) >= 11 is 3.37. The van der Waals surface area contributed by atoms with Gasteiger partial charge in [-0.25, -0.2) is 4.98 Å². The molecular formula is C26H37N6Pd-. The molecule has 182 valence electrons. The van der Waals surface area contributed by atoms with Gasteiger partial charge in [0.25, 0.3) is 0 Å². The van der Waals surface area contributed by atoms with Gasteiger partial charge in [0.1, 0.15) is 5.82 Å². The summed E-state index contributed by atoms with van der Waals surface area (Å²) in [7, 11) is 5.85. The number of rotatable bonds is 11. The van der Waals surface area contributed by atoms with Crippen LogP contribution in [0.1, 0.15) is 58.3 Å². The van der Waals surface area contributed by atoms with Gasteiger partial charge in [0.15, 0.2) is 0 Å². The van der Waals surface area contributed by atoms with Crippen LogP contribution in [-0.4, -0.2) is 39.4 Å². The molecule has 0 aliphatic carbocycles. The van der Waals surface area contributed by atoms with Crippen molar-refractivity contribution < 1.29 is 18.7 Å². The van der Waals surface area contributed by atoms with Gasteiger partial charge in [-0.15, -0.1) is 0 Å². The van der Waals surface area contributed by atoms with E-state index < -0.39 is 0 Å². The zero-order valence-corrected chi connectivity index (χ0v) is 22.4. The first kappa shape index (κ1) is 27.0. The van der Waals surface area contributed by atoms with Crippen molar-refractivity contribution in [3.8, 4) is 0 Å². The van der Waals surface area contributed by atoms with E-state index in [2.05, 4.69) is 78.0 Å². The molecule has 3 N–H and O–H groups in total. The molecule has 2 heterocycles. The second-order valence-electron chi connectivity index (χ2n) is 8.71. The molecule has 6 nitrogen and oxygen atoms in total. The molecule has 0 aliphatic rings. The summed E-state index contributed by atoms with van der Waals surface area (Å²) in [5.41, 5.74) is 3.90. The molecule has 7 heteroatoms. The normalized spacial score (nSPS) is 13.7. The van der Waals surface area contributed by atoms with Crippen LogP contribution in [0.4, 0.5) is 5.82 Å². The standard InChI is InChI=1S/C26H37N6.Pd/c1-19(28-5)12-8-9-13-21(20(2)27)18-30-25-17-11-15-23(32(25)7)26(3,4)22-14-10-16-24(29-6)31-22;/h10-11,14-17,19,27-28H,8-9,13H2,1-7H3,(H,29,31);/q-1;. The van der Waals surface area contributed by atoms with Crippen molar-refractivity contribution in [2.75, 3.05) is 19.4 Å². The Morgan fingerprint density at radius 3 is 2.55 bits per heavy atom. The molecule has 2 rings (SSSR count). The summed E-state index contributed by atoms with van der Waals surface area (Å²) in [4.78, 5) is 9.41. The summed E-state index contributed by atoms with van der Waals surface area (Å²) < 4.78 is 3.36. The fourth-order valence-corrected chi connectivity index (χ4v) is 4.10. The number of anilines is 1. The summed E-state index contributed by atoms with van der Waals surface area (Å²) in [6.45, 7) is 8.28. The average Bonchev–Trinajstić information content (AvgIpc) is 2.80. The number of hydrogen-bond donors (Lipinski definition) is 3. The zero-order valence-electron chi connectivity index (χ0n) is 20.8. The van der Waals surface area contributed by atoms with Gasteiger partial charge in [-0.1, -0.05) is 6.07 Å². The summed E-state index contributed by atoms with van der Waals surface area (Å²) in [6, 6.07) is 12.5. The maximum atomic E-state index is 8.16. The van der Waals surface area contributed by atoms with Crippen molar-refractivity contribution in [2.45, 2.75) is 58.4 Å². The molecule has 0 aliphatic heterocycles. The van der Waals surface area contributed by atoms with Crippen molar-refractivity contribution in [1.29, 1.82) is 5.41 Å². The Hall–Kier alpha value is -2.20. The smallest absolute Gasteiger partial charge is 0.235 e. The van der Waals surface area contributed by atoms with Crippen LogP contribution >= 0.6 is 0 Å². The van der Waals surface area contributed by atoms with E-state index in [4.69, 9.17) is 10.4 Å². The van der Waals surface area contributed by atoms with Crippen LogP contribution < -0.4 is 16.1 Å². The number of aromatic nitrogens is 2. The second-order valence-corrected chi connectivity index (χ2v) is 9.71. The Balaban J connectivity index is 2.33. The fraction of sp³-hybridized carbons (Fsp3) is 0.462. The molecule has 2 aromatic heterocycles. The van der Waals surface area contributed by atoms with Crippen molar-refractivity contribution in [3.05, 3.63) is 65.0 Å². The van der Waals surface area contributed by atoms with Gasteiger partial charge in [0.2, 0.25) is 0 Å². The minimum Gasteiger partial charge on any atom is -0.235 e. The monoisotopic (exact) mass is 539 g/mol. The van der Waals surface area contributed by atoms with Crippen molar-refractivity contribution >= 4 is 15.5 Å². The molecule has 0 radical (unpaired) electrons. The molecule has 0 amide bonds. The Morgan fingerprint density at radius 1 is 1.21 bits per heavy atom. The number of allylic oxidation sites excluding steroid dienone is 1. The Labute approximate surface area is 209 Å². The molecule has 0 bridgehead atoms. The third kappa shape index (κ3) is 7.14. The van der Waals surface area contributed by atoms with Gasteiger partial charge in [-0.2, -0.15) is 0 Å². The Kier molecular flexibility index (Phi) is 10.1.